The minimum atomic E-state index is 0.503. The summed E-state index contributed by atoms with van der Waals surface area (Å²) in [6.07, 6.45) is 7.63. The monoisotopic (exact) mass is 220 g/mol. The Hall–Kier alpha value is -0.930. The van der Waals surface area contributed by atoms with Gasteiger partial charge in [-0.3, -0.25) is 4.98 Å². The van der Waals surface area contributed by atoms with Gasteiger partial charge in [-0.15, -0.1) is 0 Å². The minimum absolute atomic E-state index is 0.503. The molecule has 1 aliphatic rings. The molecule has 1 fully saturated rings. The highest BCUT2D eigenvalue weighted by Crippen LogP contribution is 2.22. The first-order valence-corrected chi connectivity index (χ1v) is 6.12. The third-order valence-corrected chi connectivity index (χ3v) is 3.09. The number of rotatable bonds is 6. The molecule has 0 amide bonds. The molecule has 3 heteroatoms. The fraction of sp³-hybridized carbons (Fsp3) is 0.615. The van der Waals surface area contributed by atoms with Crippen molar-refractivity contribution in [3.8, 4) is 0 Å². The van der Waals surface area contributed by atoms with E-state index >= 15 is 0 Å². The number of pyridine rings is 1. The van der Waals surface area contributed by atoms with Gasteiger partial charge in [0.25, 0.3) is 0 Å². The molecule has 1 aliphatic carbocycles. The summed E-state index contributed by atoms with van der Waals surface area (Å²) in [5.74, 6) is 0. The average Bonchev–Trinajstić information content (AvgIpc) is 2.27. The molecule has 1 saturated carbocycles. The lowest BCUT2D eigenvalue weighted by molar-refractivity contribution is -0.00960. The maximum Gasteiger partial charge on any atom is 0.0604 e. The lowest BCUT2D eigenvalue weighted by Gasteiger charge is -2.35. The van der Waals surface area contributed by atoms with Crippen molar-refractivity contribution in [3.63, 3.8) is 0 Å². The maximum absolute atomic E-state index is 5.52. The number of nitrogens with one attached hydrogen (secondary N) is 1. The standard InChI is InChI=1S/C13H20N2O/c1-2-16-13-9-12(10-13)15-8-5-11-3-6-14-7-4-11/h3-4,6-7,12-13,15H,2,5,8-10H2,1H3. The van der Waals surface area contributed by atoms with Crippen LogP contribution in [0.2, 0.25) is 0 Å². The van der Waals surface area contributed by atoms with Crippen LogP contribution in [0.15, 0.2) is 24.5 Å². The SMILES string of the molecule is CCOC1CC(NCCc2ccncc2)C1. The van der Waals surface area contributed by atoms with E-state index in [1.54, 1.807) is 0 Å². The Bertz CT molecular complexity index is 296. The quantitative estimate of drug-likeness (QED) is 0.793. The molecule has 1 heterocycles. The fourth-order valence-corrected chi connectivity index (χ4v) is 2.07. The highest BCUT2D eigenvalue weighted by molar-refractivity contribution is 5.09. The number of aromatic nitrogens is 1. The molecule has 16 heavy (non-hydrogen) atoms. The third-order valence-electron chi connectivity index (χ3n) is 3.09. The van der Waals surface area contributed by atoms with Gasteiger partial charge in [-0.2, -0.15) is 0 Å². The van der Waals surface area contributed by atoms with Crippen LogP contribution in [0.5, 0.6) is 0 Å². The average molecular weight is 220 g/mol. The number of hydrogen-bond acceptors (Lipinski definition) is 3. The normalized spacial score (nSPS) is 24.1. The Morgan fingerprint density at radius 1 is 1.38 bits per heavy atom. The molecule has 0 bridgehead atoms. The van der Waals surface area contributed by atoms with E-state index in [-0.39, 0.29) is 0 Å². The largest absolute Gasteiger partial charge is 0.378 e. The van der Waals surface area contributed by atoms with Crippen LogP contribution in [0.25, 0.3) is 0 Å². The van der Waals surface area contributed by atoms with Crippen LogP contribution in [0, 0.1) is 0 Å². The minimum Gasteiger partial charge on any atom is -0.378 e. The van der Waals surface area contributed by atoms with Gasteiger partial charge < -0.3 is 10.1 Å². The summed E-state index contributed by atoms with van der Waals surface area (Å²) < 4.78 is 5.52. The molecule has 3 nitrogen and oxygen atoms in total. The van der Waals surface area contributed by atoms with Gasteiger partial charge in [0, 0.05) is 25.0 Å². The van der Waals surface area contributed by atoms with Crippen LogP contribution in [-0.4, -0.2) is 30.3 Å². The van der Waals surface area contributed by atoms with Crippen LogP contribution in [0.4, 0.5) is 0 Å². The van der Waals surface area contributed by atoms with E-state index in [1.807, 2.05) is 12.4 Å². The van der Waals surface area contributed by atoms with Crippen LogP contribution < -0.4 is 5.32 Å². The summed E-state index contributed by atoms with van der Waals surface area (Å²) in [7, 11) is 0. The highest BCUT2D eigenvalue weighted by Gasteiger charge is 2.28. The van der Waals surface area contributed by atoms with Crippen molar-refractivity contribution < 1.29 is 4.74 Å². The summed E-state index contributed by atoms with van der Waals surface area (Å²) in [5.41, 5.74) is 1.35. The molecule has 0 spiro atoms. The number of ether oxygens (including phenoxy) is 1. The molecule has 0 radical (unpaired) electrons. The van der Waals surface area contributed by atoms with Crippen molar-refractivity contribution in [3.05, 3.63) is 30.1 Å². The van der Waals surface area contributed by atoms with Crippen molar-refractivity contribution in [1.82, 2.24) is 10.3 Å². The first kappa shape index (κ1) is 11.6. The van der Waals surface area contributed by atoms with E-state index in [0.29, 0.717) is 12.1 Å². The van der Waals surface area contributed by atoms with Crippen LogP contribution in [0.1, 0.15) is 25.3 Å². The van der Waals surface area contributed by atoms with Gasteiger partial charge in [-0.05, 0) is 50.4 Å². The zero-order chi connectivity index (χ0) is 11.2. The first-order valence-electron chi connectivity index (χ1n) is 6.12. The molecular weight excluding hydrogens is 200 g/mol. The first-order chi connectivity index (χ1) is 7.88. The van der Waals surface area contributed by atoms with Gasteiger partial charge >= 0.3 is 0 Å². The van der Waals surface area contributed by atoms with Crippen molar-refractivity contribution >= 4 is 0 Å². The molecule has 0 aromatic carbocycles. The predicted molar refractivity (Wildman–Crippen MR) is 64.4 cm³/mol. The van der Waals surface area contributed by atoms with E-state index in [9.17, 15) is 0 Å². The summed E-state index contributed by atoms with van der Waals surface area (Å²) >= 11 is 0. The molecule has 1 aromatic rings. The van der Waals surface area contributed by atoms with Crippen LogP contribution in [0.3, 0.4) is 0 Å². The Morgan fingerprint density at radius 2 is 2.12 bits per heavy atom. The molecule has 0 aliphatic heterocycles. The number of hydrogen-bond donors (Lipinski definition) is 1. The second-order valence-electron chi connectivity index (χ2n) is 4.31. The Balaban J connectivity index is 1.57. The lowest BCUT2D eigenvalue weighted by Crippen LogP contribution is -2.46. The Kier molecular flexibility index (Phi) is 4.31. The molecule has 0 unspecified atom stereocenters. The second kappa shape index (κ2) is 5.97. The molecule has 0 saturated heterocycles. The van der Waals surface area contributed by atoms with Gasteiger partial charge in [0.15, 0.2) is 0 Å². The third kappa shape index (κ3) is 3.29. The van der Waals surface area contributed by atoms with E-state index in [2.05, 4.69) is 29.4 Å². The smallest absolute Gasteiger partial charge is 0.0604 e. The van der Waals surface area contributed by atoms with Crippen LogP contribution in [-0.2, 0) is 11.2 Å². The summed E-state index contributed by atoms with van der Waals surface area (Å²) in [6.45, 7) is 3.95. The van der Waals surface area contributed by atoms with E-state index in [1.165, 1.54) is 18.4 Å². The van der Waals surface area contributed by atoms with Gasteiger partial charge in [0.05, 0.1) is 6.10 Å². The van der Waals surface area contributed by atoms with Crippen LogP contribution >= 0.6 is 0 Å². The van der Waals surface area contributed by atoms with E-state index in [4.69, 9.17) is 4.74 Å². The summed E-state index contributed by atoms with van der Waals surface area (Å²) in [4.78, 5) is 4.01. The Morgan fingerprint density at radius 3 is 2.81 bits per heavy atom. The number of nitrogens with zero attached hydrogens (tertiary/aromatic N) is 1. The fourth-order valence-electron chi connectivity index (χ4n) is 2.07. The lowest BCUT2D eigenvalue weighted by atomic mass is 9.89. The van der Waals surface area contributed by atoms with Crippen molar-refractivity contribution in [1.29, 1.82) is 0 Å². The zero-order valence-electron chi connectivity index (χ0n) is 9.86. The molecule has 2 rings (SSSR count). The summed E-state index contributed by atoms with van der Waals surface area (Å²) in [5, 5.41) is 3.56. The van der Waals surface area contributed by atoms with Gasteiger partial charge in [-0.1, -0.05) is 0 Å². The van der Waals surface area contributed by atoms with Crippen molar-refractivity contribution in [2.45, 2.75) is 38.3 Å². The molecule has 1 N–H and O–H groups in total. The maximum atomic E-state index is 5.52. The molecular formula is C13H20N2O. The zero-order valence-corrected chi connectivity index (χ0v) is 9.86. The van der Waals surface area contributed by atoms with Gasteiger partial charge in [0.1, 0.15) is 0 Å². The highest BCUT2D eigenvalue weighted by atomic mass is 16.5. The topological polar surface area (TPSA) is 34.1 Å². The molecule has 1 aromatic heterocycles. The molecule has 0 atom stereocenters. The second-order valence-corrected chi connectivity index (χ2v) is 4.31. The predicted octanol–water partition coefficient (Wildman–Crippen LogP) is 1.78. The van der Waals surface area contributed by atoms with E-state index < -0.39 is 0 Å². The van der Waals surface area contributed by atoms with Gasteiger partial charge in [-0.25, -0.2) is 0 Å². The van der Waals surface area contributed by atoms with Crippen molar-refractivity contribution in [2.24, 2.45) is 0 Å². The summed E-state index contributed by atoms with van der Waals surface area (Å²) in [6, 6.07) is 4.81. The molecule has 88 valence electrons. The van der Waals surface area contributed by atoms with E-state index in [0.717, 1.165) is 19.6 Å². The van der Waals surface area contributed by atoms with Gasteiger partial charge in [0.2, 0.25) is 0 Å². The van der Waals surface area contributed by atoms with Crippen molar-refractivity contribution in [2.75, 3.05) is 13.2 Å². The Labute approximate surface area is 97.2 Å².